The number of hydrogen-bond donors (Lipinski definition) is 1. The maximum Gasteiger partial charge on any atom is 0.195 e. The van der Waals surface area contributed by atoms with E-state index in [9.17, 15) is 18.0 Å². The van der Waals surface area contributed by atoms with Gasteiger partial charge in [0.15, 0.2) is 23.2 Å². The number of ketones is 1. The molecule has 2 rings (SSSR count). The van der Waals surface area contributed by atoms with Crippen LogP contribution in [0.4, 0.5) is 13.2 Å². The zero-order valence-electron chi connectivity index (χ0n) is 10.0. The fraction of sp³-hybridized carbons (Fsp3) is 0.462. The number of halogens is 3. The first-order valence-electron chi connectivity index (χ1n) is 5.91. The van der Waals surface area contributed by atoms with Crippen molar-refractivity contribution in [2.45, 2.75) is 19.8 Å². The van der Waals surface area contributed by atoms with Crippen molar-refractivity contribution in [3.63, 3.8) is 0 Å². The van der Waals surface area contributed by atoms with E-state index in [-0.39, 0.29) is 5.56 Å². The van der Waals surface area contributed by atoms with Gasteiger partial charge in [-0.1, -0.05) is 6.92 Å². The van der Waals surface area contributed by atoms with Gasteiger partial charge in [0.2, 0.25) is 0 Å². The van der Waals surface area contributed by atoms with Gasteiger partial charge in [0, 0.05) is 12.0 Å². The Morgan fingerprint density at radius 2 is 2.06 bits per heavy atom. The Balaban J connectivity index is 2.43. The first kappa shape index (κ1) is 13.1. The van der Waals surface area contributed by atoms with Crippen LogP contribution in [0.25, 0.3) is 0 Å². The number of benzene rings is 1. The fourth-order valence-corrected chi connectivity index (χ4v) is 2.39. The van der Waals surface area contributed by atoms with E-state index in [1.54, 1.807) is 0 Å². The molecule has 0 amide bonds. The summed E-state index contributed by atoms with van der Waals surface area (Å²) in [7, 11) is 0. The van der Waals surface area contributed by atoms with Crippen LogP contribution in [0.1, 0.15) is 30.1 Å². The average molecular weight is 257 g/mol. The highest BCUT2D eigenvalue weighted by molar-refractivity contribution is 6.01. The highest BCUT2D eigenvalue weighted by Crippen LogP contribution is 2.34. The van der Waals surface area contributed by atoms with Crippen molar-refractivity contribution < 1.29 is 18.0 Å². The van der Waals surface area contributed by atoms with Crippen LogP contribution in [0.3, 0.4) is 0 Å². The Morgan fingerprint density at radius 1 is 1.33 bits per heavy atom. The Bertz CT molecular complexity index is 481. The molecular formula is C13H14F3NO. The van der Waals surface area contributed by atoms with Crippen LogP contribution in [-0.4, -0.2) is 18.9 Å². The van der Waals surface area contributed by atoms with Gasteiger partial charge in [-0.05, 0) is 31.5 Å². The van der Waals surface area contributed by atoms with Gasteiger partial charge in [0.05, 0.1) is 5.56 Å². The molecule has 1 unspecified atom stereocenters. The molecule has 0 radical (unpaired) electrons. The summed E-state index contributed by atoms with van der Waals surface area (Å²) in [6.45, 7) is 2.95. The summed E-state index contributed by atoms with van der Waals surface area (Å²) in [6, 6.07) is 1.81. The molecular weight excluding hydrogens is 243 g/mol. The number of carbonyl (C=O) groups is 1. The lowest BCUT2D eigenvalue weighted by Crippen LogP contribution is -2.33. The zero-order chi connectivity index (χ0) is 13.3. The second-order valence-corrected chi connectivity index (χ2v) is 4.61. The predicted molar refractivity (Wildman–Crippen MR) is 60.9 cm³/mol. The summed E-state index contributed by atoms with van der Waals surface area (Å²) in [5.41, 5.74) is -1.06. The Kier molecular flexibility index (Phi) is 3.43. The zero-order valence-corrected chi connectivity index (χ0v) is 10.0. The minimum atomic E-state index is -1.59. The molecule has 98 valence electrons. The maximum absolute atomic E-state index is 13.6. The molecule has 1 N–H and O–H groups in total. The van der Waals surface area contributed by atoms with E-state index in [0.29, 0.717) is 25.9 Å². The average Bonchev–Trinajstić information content (AvgIpc) is 2.85. The van der Waals surface area contributed by atoms with Crippen molar-refractivity contribution in [1.29, 1.82) is 0 Å². The normalized spacial score (nSPS) is 23.3. The van der Waals surface area contributed by atoms with Crippen molar-refractivity contribution in [3.05, 3.63) is 35.1 Å². The largest absolute Gasteiger partial charge is 0.316 e. The smallest absolute Gasteiger partial charge is 0.195 e. The Hall–Kier alpha value is -1.36. The lowest BCUT2D eigenvalue weighted by atomic mass is 9.77. The van der Waals surface area contributed by atoms with Crippen LogP contribution in [0.5, 0.6) is 0 Å². The van der Waals surface area contributed by atoms with E-state index in [2.05, 4.69) is 5.32 Å². The molecule has 0 aromatic heterocycles. The van der Waals surface area contributed by atoms with E-state index in [4.69, 9.17) is 0 Å². The van der Waals surface area contributed by atoms with Crippen LogP contribution < -0.4 is 5.32 Å². The third-order valence-electron chi connectivity index (χ3n) is 3.68. The molecule has 1 aromatic rings. The lowest BCUT2D eigenvalue weighted by molar-refractivity contribution is 0.0804. The van der Waals surface area contributed by atoms with Crippen LogP contribution in [-0.2, 0) is 0 Å². The molecule has 2 nitrogen and oxygen atoms in total. The van der Waals surface area contributed by atoms with E-state index >= 15 is 0 Å². The molecule has 0 bridgehead atoms. The topological polar surface area (TPSA) is 29.1 Å². The summed E-state index contributed by atoms with van der Waals surface area (Å²) in [5, 5.41) is 3.05. The van der Waals surface area contributed by atoms with Gasteiger partial charge in [-0.3, -0.25) is 4.79 Å². The molecule has 1 aliphatic heterocycles. The van der Waals surface area contributed by atoms with Gasteiger partial charge in [-0.15, -0.1) is 0 Å². The quantitative estimate of drug-likeness (QED) is 0.666. The molecule has 0 aliphatic carbocycles. The molecule has 1 heterocycles. The van der Waals surface area contributed by atoms with Crippen LogP contribution >= 0.6 is 0 Å². The molecule has 1 aliphatic rings. The third-order valence-corrected chi connectivity index (χ3v) is 3.68. The first-order valence-corrected chi connectivity index (χ1v) is 5.91. The van der Waals surface area contributed by atoms with E-state index in [1.807, 2.05) is 6.92 Å². The maximum atomic E-state index is 13.6. The molecule has 1 atom stereocenters. The van der Waals surface area contributed by atoms with Gasteiger partial charge in [0.25, 0.3) is 0 Å². The SMILES string of the molecule is CCC1(C(=O)c2ccc(F)c(F)c2F)CCNC1. The minimum Gasteiger partial charge on any atom is -0.316 e. The van der Waals surface area contributed by atoms with Crippen molar-refractivity contribution in [1.82, 2.24) is 5.32 Å². The van der Waals surface area contributed by atoms with Gasteiger partial charge in [-0.2, -0.15) is 0 Å². The van der Waals surface area contributed by atoms with E-state index in [0.717, 1.165) is 12.1 Å². The van der Waals surface area contributed by atoms with Gasteiger partial charge < -0.3 is 5.32 Å². The van der Waals surface area contributed by atoms with Gasteiger partial charge in [-0.25, -0.2) is 13.2 Å². The Morgan fingerprint density at radius 3 is 2.61 bits per heavy atom. The van der Waals surface area contributed by atoms with Crippen LogP contribution in [0, 0.1) is 22.9 Å². The third kappa shape index (κ3) is 1.92. The van der Waals surface area contributed by atoms with Crippen LogP contribution in [0.15, 0.2) is 12.1 Å². The van der Waals surface area contributed by atoms with E-state index < -0.39 is 28.6 Å². The molecule has 5 heteroatoms. The monoisotopic (exact) mass is 257 g/mol. The highest BCUT2D eigenvalue weighted by Gasteiger charge is 2.41. The van der Waals surface area contributed by atoms with Crippen molar-refractivity contribution in [2.24, 2.45) is 5.41 Å². The number of nitrogens with one attached hydrogen (secondary N) is 1. The summed E-state index contributed by atoms with van der Waals surface area (Å²) in [5.74, 6) is -4.71. The lowest BCUT2D eigenvalue weighted by Gasteiger charge is -2.25. The standard InChI is InChI=1S/C13H14F3NO/c1-2-13(5-6-17-7-13)12(18)8-3-4-9(14)11(16)10(8)15/h3-4,17H,2,5-7H2,1H3. The number of rotatable bonds is 3. The fourth-order valence-electron chi connectivity index (χ4n) is 2.39. The second-order valence-electron chi connectivity index (χ2n) is 4.61. The summed E-state index contributed by atoms with van der Waals surface area (Å²) < 4.78 is 39.6. The summed E-state index contributed by atoms with van der Waals surface area (Å²) >= 11 is 0. The van der Waals surface area contributed by atoms with Crippen molar-refractivity contribution in [3.8, 4) is 0 Å². The van der Waals surface area contributed by atoms with Gasteiger partial charge >= 0.3 is 0 Å². The highest BCUT2D eigenvalue weighted by atomic mass is 19.2. The van der Waals surface area contributed by atoms with Crippen molar-refractivity contribution in [2.75, 3.05) is 13.1 Å². The molecule has 1 saturated heterocycles. The molecule has 1 fully saturated rings. The molecule has 0 saturated carbocycles. The minimum absolute atomic E-state index is 0.362. The second kappa shape index (κ2) is 4.72. The summed E-state index contributed by atoms with van der Waals surface area (Å²) in [6.07, 6.45) is 1.12. The number of hydrogen-bond acceptors (Lipinski definition) is 2. The predicted octanol–water partition coefficient (Wildman–Crippen LogP) is 2.68. The number of Topliss-reactive ketones (excluding diaryl/α,β-unsaturated/α-hetero) is 1. The molecule has 1 aromatic carbocycles. The van der Waals surface area contributed by atoms with Gasteiger partial charge in [0.1, 0.15) is 0 Å². The molecule has 0 spiro atoms. The first-order chi connectivity index (χ1) is 8.52. The van der Waals surface area contributed by atoms with E-state index in [1.165, 1.54) is 0 Å². The Labute approximate surface area is 103 Å². The molecule has 18 heavy (non-hydrogen) atoms. The number of carbonyl (C=O) groups excluding carboxylic acids is 1. The van der Waals surface area contributed by atoms with Crippen LogP contribution in [0.2, 0.25) is 0 Å². The summed E-state index contributed by atoms with van der Waals surface area (Å²) in [4.78, 5) is 12.3. The van der Waals surface area contributed by atoms with Crippen molar-refractivity contribution >= 4 is 5.78 Å².